The van der Waals surface area contributed by atoms with Crippen molar-refractivity contribution in [3.05, 3.63) is 126 Å². The predicted molar refractivity (Wildman–Crippen MR) is 294 cm³/mol. The molecule has 0 radical (unpaired) electrons. The summed E-state index contributed by atoms with van der Waals surface area (Å²) in [5, 5.41) is 36.5. The van der Waals surface area contributed by atoms with Crippen molar-refractivity contribution in [2.24, 2.45) is 10.8 Å². The molecule has 0 spiro atoms. The highest BCUT2D eigenvalue weighted by molar-refractivity contribution is 8.00. The molecule has 0 amide bonds. The van der Waals surface area contributed by atoms with E-state index in [1.807, 2.05) is 68.4 Å². The van der Waals surface area contributed by atoms with Crippen LogP contribution in [0.5, 0.6) is 0 Å². The van der Waals surface area contributed by atoms with Gasteiger partial charge < -0.3 is 10.0 Å². The zero-order chi connectivity index (χ0) is 52.0. The third-order valence-corrected chi connectivity index (χ3v) is 16.6. The number of tetrazole rings is 2. The van der Waals surface area contributed by atoms with Crippen molar-refractivity contribution in [1.82, 2.24) is 50.2 Å². The van der Waals surface area contributed by atoms with Gasteiger partial charge in [0.2, 0.25) is 10.3 Å². The van der Waals surface area contributed by atoms with Gasteiger partial charge in [-0.05, 0) is 163 Å². The van der Waals surface area contributed by atoms with E-state index in [0.717, 1.165) is 67.8 Å². The van der Waals surface area contributed by atoms with Gasteiger partial charge in [0.05, 0.1) is 39.5 Å². The van der Waals surface area contributed by atoms with E-state index >= 15 is 0 Å². The van der Waals surface area contributed by atoms with Crippen LogP contribution in [0.1, 0.15) is 97.6 Å². The number of Topliss-reactive ketones (excluding diaryl/α,β-unsaturated/α-hetero) is 2. The average Bonchev–Trinajstić information content (AvgIpc) is 4.34. The Bertz CT molecular complexity index is 3160. The summed E-state index contributed by atoms with van der Waals surface area (Å²) in [7, 11) is 2.18. The highest BCUT2D eigenvalue weighted by Crippen LogP contribution is 2.46. The molecule has 2 aromatic heterocycles. The van der Waals surface area contributed by atoms with E-state index in [-0.39, 0.29) is 47.9 Å². The Morgan fingerprint density at radius 2 is 1.16 bits per heavy atom. The summed E-state index contributed by atoms with van der Waals surface area (Å²) in [4.78, 5) is 30.4. The van der Waals surface area contributed by atoms with Crippen molar-refractivity contribution in [2.75, 3.05) is 57.9 Å². The molecule has 0 bridgehead atoms. The Morgan fingerprint density at radius 3 is 1.59 bits per heavy atom. The number of hydrogen-bond donors (Lipinski definition) is 1. The van der Waals surface area contributed by atoms with Gasteiger partial charge in [-0.3, -0.25) is 14.5 Å². The van der Waals surface area contributed by atoms with Crippen molar-refractivity contribution in [1.29, 1.82) is 0 Å². The number of nitrogens with zero attached hydrogens (tertiary/aromatic N) is 10. The van der Waals surface area contributed by atoms with E-state index in [1.165, 1.54) is 60.3 Å². The second-order valence-electron chi connectivity index (χ2n) is 20.2. The number of hydrogen-bond acceptors (Lipinski definition) is 13. The number of carbonyl (C=O) groups is 2. The quantitative estimate of drug-likeness (QED) is 0.0683. The molecule has 6 aromatic rings. The summed E-state index contributed by atoms with van der Waals surface area (Å²) >= 11 is 28.6. The molecule has 10 rings (SSSR count). The van der Waals surface area contributed by atoms with E-state index in [9.17, 15) is 14.7 Å². The summed E-state index contributed by atoms with van der Waals surface area (Å²) in [6, 6.07) is 23.1. The molecule has 4 aromatic carbocycles. The zero-order valence-corrected chi connectivity index (χ0v) is 46.1. The van der Waals surface area contributed by atoms with Gasteiger partial charge in [0.1, 0.15) is 11.6 Å². The molecular weight excluding hydrogens is 1050 g/mol. The average molecular weight is 1110 g/mol. The third kappa shape index (κ3) is 14.6. The van der Waals surface area contributed by atoms with Gasteiger partial charge in [0.25, 0.3) is 0 Å². The van der Waals surface area contributed by atoms with Crippen LogP contribution >= 0.6 is 69.9 Å². The first-order valence-corrected chi connectivity index (χ1v) is 28.2. The second-order valence-corrected chi connectivity index (χ2v) is 23.8. The van der Waals surface area contributed by atoms with Crippen molar-refractivity contribution in [3.8, 4) is 35.1 Å². The van der Waals surface area contributed by atoms with Crippen molar-refractivity contribution < 1.29 is 14.7 Å². The fraction of sp³-hybridized carbons (Fsp3) is 0.418. The zero-order valence-electron chi connectivity index (χ0n) is 41.5. The molecule has 3 saturated carbocycles. The molecule has 4 fully saturated rings. The Labute approximate surface area is 460 Å². The fourth-order valence-corrected chi connectivity index (χ4v) is 10.8. The van der Waals surface area contributed by atoms with Crippen LogP contribution in [0.2, 0.25) is 20.1 Å². The van der Waals surface area contributed by atoms with Gasteiger partial charge in [-0.1, -0.05) is 118 Å². The van der Waals surface area contributed by atoms with Gasteiger partial charge in [0.15, 0.2) is 0 Å². The van der Waals surface area contributed by atoms with Gasteiger partial charge in [-0.25, -0.2) is 0 Å². The van der Waals surface area contributed by atoms with Gasteiger partial charge in [-0.15, -0.1) is 10.2 Å². The van der Waals surface area contributed by atoms with Crippen LogP contribution < -0.4 is 0 Å². The van der Waals surface area contributed by atoms with E-state index in [1.54, 1.807) is 15.4 Å². The first kappa shape index (κ1) is 54.0. The Morgan fingerprint density at radius 1 is 0.676 bits per heavy atom. The predicted octanol–water partition coefficient (Wildman–Crippen LogP) is 10.2. The minimum atomic E-state index is -0.489. The van der Waals surface area contributed by atoms with Gasteiger partial charge in [-0.2, -0.15) is 9.36 Å². The highest BCUT2D eigenvalue weighted by Gasteiger charge is 2.43. The SMILES string of the molecule is CC(C)(C#Cc1ccc(CC(=O)CSc2nnnn2-c2ccc(C3CC3)cc2Cl)c(Cl)c1)CO.CN1CCN(CC2(C#Cc3ccc(CC(=O)CSc4nnnn4-c4ccc(C5CC5)cc4Cl)c(Cl)c3)CC2)CC1. The van der Waals surface area contributed by atoms with Crippen molar-refractivity contribution in [3.63, 3.8) is 0 Å². The standard InChI is InChI=1S/C30H32Cl2N6OS.C25H24Cl2N4O2S/c1-36-12-14-37(15-13-36)20-30(10-11-30)9-8-21-2-3-24(26(31)16-21)17-25(39)19-40-29-33-34-35-38(29)28-7-6-23(18-27(28)32)22-4-5-22;1-25(2,15-32)10-9-16-3-4-19(21(26)11-16)12-20(33)14-34-24-28-29-30-31(24)23-8-7-18(13-22(23)27)17-5-6-17/h2-3,6-7,16,18,22H,4-5,10-15,17,19-20H2,1H3;3-4,7-8,11,13,17,32H,5-6,12,14-15H2,1-2H3. The van der Waals surface area contributed by atoms with Crippen LogP contribution in [-0.4, -0.2) is 125 Å². The molecule has 1 saturated heterocycles. The lowest BCUT2D eigenvalue weighted by Crippen LogP contribution is -2.46. The van der Waals surface area contributed by atoms with E-state index in [0.29, 0.717) is 53.6 Å². The first-order valence-electron chi connectivity index (χ1n) is 24.7. The lowest BCUT2D eigenvalue weighted by Gasteiger charge is -2.33. The first-order chi connectivity index (χ1) is 35.6. The van der Waals surface area contributed by atoms with E-state index in [4.69, 9.17) is 46.4 Å². The molecule has 13 nitrogen and oxygen atoms in total. The van der Waals surface area contributed by atoms with E-state index < -0.39 is 5.41 Å². The smallest absolute Gasteiger partial charge is 0.214 e. The Hall–Kier alpha value is -4.78. The number of rotatable bonds is 17. The molecule has 1 N–H and O–H groups in total. The van der Waals surface area contributed by atoms with Gasteiger partial charge in [0, 0.05) is 77.6 Å². The molecule has 0 unspecified atom stereocenters. The highest BCUT2D eigenvalue weighted by atomic mass is 35.5. The lowest BCUT2D eigenvalue weighted by atomic mass is 9.95. The van der Waals surface area contributed by atoms with E-state index in [2.05, 4.69) is 83.7 Å². The molecule has 3 heterocycles. The summed E-state index contributed by atoms with van der Waals surface area (Å²) in [6.45, 7) is 9.21. The maximum absolute atomic E-state index is 12.8. The lowest BCUT2D eigenvalue weighted by molar-refractivity contribution is -0.116. The number of aromatic nitrogens is 8. The van der Waals surface area contributed by atoms with Crippen LogP contribution in [0.3, 0.4) is 0 Å². The largest absolute Gasteiger partial charge is 0.395 e. The Balaban J connectivity index is 0.000000184. The maximum Gasteiger partial charge on any atom is 0.214 e. The molecule has 0 atom stereocenters. The fourth-order valence-electron chi connectivity index (χ4n) is 8.32. The number of thioether (sulfide) groups is 2. The molecule has 384 valence electrons. The number of carbonyl (C=O) groups excluding carboxylic acids is 2. The minimum absolute atomic E-state index is 0.00289. The molecule has 74 heavy (non-hydrogen) atoms. The Kier molecular flexibility index (Phi) is 17.6. The summed E-state index contributed by atoms with van der Waals surface area (Å²) in [5.41, 5.74) is 6.68. The maximum atomic E-state index is 12.8. The van der Waals surface area contributed by atoms with Crippen LogP contribution in [0.15, 0.2) is 83.1 Å². The number of benzene rings is 4. The normalized spacial score (nSPS) is 16.3. The molecular formula is C55H56Cl4N10O3S2. The molecule has 1 aliphatic heterocycles. The van der Waals surface area contributed by atoms with Crippen molar-refractivity contribution in [2.45, 2.75) is 87.4 Å². The number of piperazine rings is 1. The monoisotopic (exact) mass is 1110 g/mol. The van der Waals surface area contributed by atoms with Crippen molar-refractivity contribution >= 4 is 81.5 Å². The third-order valence-electron chi connectivity index (χ3n) is 13.4. The molecule has 4 aliphatic rings. The molecule has 19 heteroatoms. The summed E-state index contributed by atoms with van der Waals surface area (Å²) < 4.78 is 3.15. The van der Waals surface area contributed by atoms with Crippen LogP contribution in [-0.2, 0) is 22.4 Å². The molecule has 3 aliphatic carbocycles. The number of likely N-dealkylation sites (N-methyl/N-ethyl adjacent to an activating group) is 1. The topological polar surface area (TPSA) is 148 Å². The summed E-state index contributed by atoms with van der Waals surface area (Å²) in [5.74, 6) is 14.6. The van der Waals surface area contributed by atoms with Gasteiger partial charge >= 0.3 is 0 Å². The summed E-state index contributed by atoms with van der Waals surface area (Å²) in [6.07, 6.45) is 7.57. The van der Waals surface area contributed by atoms with Crippen LogP contribution in [0.25, 0.3) is 11.4 Å². The number of aliphatic hydroxyl groups is 1. The number of ketones is 2. The second kappa shape index (κ2) is 24.0. The van der Waals surface area contributed by atoms with Crippen LogP contribution in [0, 0.1) is 34.5 Å². The minimum Gasteiger partial charge on any atom is -0.395 e. The number of halogens is 4. The number of aliphatic hydroxyl groups excluding tert-OH is 1. The van der Waals surface area contributed by atoms with Crippen LogP contribution in [0.4, 0.5) is 0 Å².